The van der Waals surface area contributed by atoms with Gasteiger partial charge in [-0.25, -0.2) is 4.98 Å². The molecule has 4 heteroatoms. The number of nitrogens with one attached hydrogen (secondary N) is 1. The van der Waals surface area contributed by atoms with Crippen LogP contribution in [-0.4, -0.2) is 36.1 Å². The maximum absolute atomic E-state index is 4.41. The lowest BCUT2D eigenvalue weighted by molar-refractivity contribution is 0.223. The topological polar surface area (TPSA) is 28.2 Å². The minimum atomic E-state index is 0.452. The molecule has 1 fully saturated rings. The van der Waals surface area contributed by atoms with E-state index in [2.05, 4.69) is 34.6 Å². The molecule has 16 heavy (non-hydrogen) atoms. The van der Waals surface area contributed by atoms with Crippen molar-refractivity contribution in [2.75, 3.05) is 20.1 Å². The first-order valence-corrected chi connectivity index (χ1v) is 7.01. The number of likely N-dealkylation sites (tertiary alicyclic amines) is 1. The van der Waals surface area contributed by atoms with E-state index in [0.29, 0.717) is 12.1 Å². The van der Waals surface area contributed by atoms with Crippen LogP contribution in [0.25, 0.3) is 0 Å². The van der Waals surface area contributed by atoms with Gasteiger partial charge >= 0.3 is 0 Å². The van der Waals surface area contributed by atoms with Crippen LogP contribution in [0.3, 0.4) is 0 Å². The third-order valence-electron chi connectivity index (χ3n) is 3.31. The number of rotatable bonds is 4. The summed E-state index contributed by atoms with van der Waals surface area (Å²) in [7, 11) is 2.20. The molecule has 1 N–H and O–H groups in total. The molecule has 1 unspecified atom stereocenters. The molecule has 1 aliphatic heterocycles. The number of hydrogen-bond acceptors (Lipinski definition) is 4. The lowest BCUT2D eigenvalue weighted by atomic mass is 10.0. The van der Waals surface area contributed by atoms with E-state index in [1.165, 1.54) is 30.9 Å². The molecule has 2 rings (SSSR count). The summed E-state index contributed by atoms with van der Waals surface area (Å²) in [6.07, 6.45) is 5.55. The first kappa shape index (κ1) is 12.0. The third-order valence-corrected chi connectivity index (χ3v) is 4.20. The molecule has 0 saturated carbocycles. The molecule has 0 radical (unpaired) electrons. The summed E-state index contributed by atoms with van der Waals surface area (Å²) in [4.78, 5) is 6.82. The highest BCUT2D eigenvalue weighted by Crippen LogP contribution is 2.21. The lowest BCUT2D eigenvalue weighted by Gasteiger charge is -2.31. The molecule has 0 spiro atoms. The van der Waals surface area contributed by atoms with Crippen LogP contribution in [0.1, 0.15) is 37.2 Å². The Morgan fingerprint density at radius 3 is 2.88 bits per heavy atom. The van der Waals surface area contributed by atoms with Gasteiger partial charge in [0.1, 0.15) is 5.01 Å². The van der Waals surface area contributed by atoms with Crippen LogP contribution >= 0.6 is 11.3 Å². The number of nitrogens with zero attached hydrogens (tertiary/aromatic N) is 2. The summed E-state index contributed by atoms with van der Waals surface area (Å²) < 4.78 is 0. The van der Waals surface area contributed by atoms with Crippen molar-refractivity contribution < 1.29 is 0 Å². The normalized spacial score (nSPS) is 21.1. The Bertz CT molecular complexity index is 291. The second-order valence-corrected chi connectivity index (χ2v) is 5.50. The Hall–Kier alpha value is -0.450. The van der Waals surface area contributed by atoms with Crippen molar-refractivity contribution in [3.63, 3.8) is 0 Å². The minimum absolute atomic E-state index is 0.452. The number of piperidine rings is 1. The van der Waals surface area contributed by atoms with E-state index in [9.17, 15) is 0 Å². The van der Waals surface area contributed by atoms with Crippen molar-refractivity contribution in [3.8, 4) is 0 Å². The van der Waals surface area contributed by atoms with Crippen LogP contribution < -0.4 is 5.32 Å². The van der Waals surface area contributed by atoms with Crippen LogP contribution in [-0.2, 0) is 0 Å². The Morgan fingerprint density at radius 1 is 1.56 bits per heavy atom. The Morgan fingerprint density at radius 2 is 2.31 bits per heavy atom. The number of aromatic nitrogens is 1. The van der Waals surface area contributed by atoms with Crippen molar-refractivity contribution in [1.29, 1.82) is 0 Å². The molecule has 1 saturated heterocycles. The molecule has 3 nitrogen and oxygen atoms in total. The molecule has 0 amide bonds. The predicted molar refractivity (Wildman–Crippen MR) is 68.8 cm³/mol. The van der Waals surface area contributed by atoms with Gasteiger partial charge < -0.3 is 10.2 Å². The summed E-state index contributed by atoms with van der Waals surface area (Å²) in [5.41, 5.74) is 0. The Labute approximate surface area is 102 Å². The van der Waals surface area contributed by atoms with Crippen molar-refractivity contribution in [1.82, 2.24) is 15.2 Å². The van der Waals surface area contributed by atoms with Gasteiger partial charge in [-0.3, -0.25) is 0 Å². The van der Waals surface area contributed by atoms with Gasteiger partial charge in [0.05, 0.1) is 6.04 Å². The van der Waals surface area contributed by atoms with Crippen LogP contribution in [0.15, 0.2) is 11.6 Å². The van der Waals surface area contributed by atoms with Gasteiger partial charge in [-0.1, -0.05) is 6.92 Å². The van der Waals surface area contributed by atoms with E-state index in [-0.39, 0.29) is 0 Å². The van der Waals surface area contributed by atoms with E-state index in [0.717, 1.165) is 6.42 Å². The fourth-order valence-corrected chi connectivity index (χ4v) is 3.01. The quantitative estimate of drug-likeness (QED) is 0.873. The average Bonchev–Trinajstić information content (AvgIpc) is 2.82. The second-order valence-electron chi connectivity index (χ2n) is 4.58. The van der Waals surface area contributed by atoms with E-state index < -0.39 is 0 Å². The molecule has 0 aliphatic carbocycles. The summed E-state index contributed by atoms with van der Waals surface area (Å²) in [5, 5.41) is 7.05. The average molecular weight is 239 g/mol. The molecule has 90 valence electrons. The molecule has 0 aromatic carbocycles. The molecule has 1 aromatic rings. The van der Waals surface area contributed by atoms with Gasteiger partial charge in [0.15, 0.2) is 0 Å². The fourth-order valence-electron chi connectivity index (χ4n) is 2.23. The summed E-state index contributed by atoms with van der Waals surface area (Å²) in [6.45, 7) is 4.66. The van der Waals surface area contributed by atoms with Gasteiger partial charge in [0, 0.05) is 17.6 Å². The smallest absolute Gasteiger partial charge is 0.109 e. The van der Waals surface area contributed by atoms with E-state index >= 15 is 0 Å². The molecule has 1 aromatic heterocycles. The zero-order chi connectivity index (χ0) is 11.4. The van der Waals surface area contributed by atoms with Gasteiger partial charge in [0.2, 0.25) is 0 Å². The second kappa shape index (κ2) is 5.75. The lowest BCUT2D eigenvalue weighted by Crippen LogP contribution is -2.42. The third kappa shape index (κ3) is 3.03. The molecule has 2 heterocycles. The number of hydrogen-bond donors (Lipinski definition) is 1. The maximum Gasteiger partial charge on any atom is 0.109 e. The molecular formula is C12H21N3S. The molecular weight excluding hydrogens is 218 g/mol. The minimum Gasteiger partial charge on any atom is -0.306 e. The van der Waals surface area contributed by atoms with Gasteiger partial charge in [-0.2, -0.15) is 0 Å². The van der Waals surface area contributed by atoms with E-state index in [1.54, 1.807) is 11.3 Å². The Balaban J connectivity index is 1.87. The van der Waals surface area contributed by atoms with Gasteiger partial charge in [0.25, 0.3) is 0 Å². The first-order valence-electron chi connectivity index (χ1n) is 6.13. The number of thiazole rings is 1. The standard InChI is InChI=1S/C12H21N3S/c1-3-11(12-13-6-9-16-12)14-10-4-7-15(2)8-5-10/h6,9-11,14H,3-5,7-8H2,1-2H3. The van der Waals surface area contributed by atoms with Crippen molar-refractivity contribution in [3.05, 3.63) is 16.6 Å². The highest BCUT2D eigenvalue weighted by atomic mass is 32.1. The highest BCUT2D eigenvalue weighted by Gasteiger charge is 2.20. The summed E-state index contributed by atoms with van der Waals surface area (Å²) in [6, 6.07) is 1.12. The largest absolute Gasteiger partial charge is 0.306 e. The predicted octanol–water partition coefficient (Wildman–Crippen LogP) is 2.28. The van der Waals surface area contributed by atoms with Crippen molar-refractivity contribution in [2.24, 2.45) is 0 Å². The first-order chi connectivity index (χ1) is 7.79. The zero-order valence-corrected chi connectivity index (χ0v) is 11.0. The summed E-state index contributed by atoms with van der Waals surface area (Å²) >= 11 is 1.76. The zero-order valence-electron chi connectivity index (χ0n) is 10.1. The molecule has 1 aliphatic rings. The van der Waals surface area contributed by atoms with E-state index in [1.807, 2.05) is 6.20 Å². The monoisotopic (exact) mass is 239 g/mol. The van der Waals surface area contributed by atoms with Crippen LogP contribution in [0.5, 0.6) is 0 Å². The van der Waals surface area contributed by atoms with Crippen LogP contribution in [0.2, 0.25) is 0 Å². The SMILES string of the molecule is CCC(NC1CCN(C)CC1)c1nccs1. The van der Waals surface area contributed by atoms with Crippen molar-refractivity contribution in [2.45, 2.75) is 38.3 Å². The van der Waals surface area contributed by atoms with Crippen LogP contribution in [0.4, 0.5) is 0 Å². The highest BCUT2D eigenvalue weighted by molar-refractivity contribution is 7.09. The molecule has 0 bridgehead atoms. The fraction of sp³-hybridized carbons (Fsp3) is 0.750. The van der Waals surface area contributed by atoms with Gasteiger partial charge in [-0.05, 0) is 39.4 Å². The Kier molecular flexibility index (Phi) is 4.32. The van der Waals surface area contributed by atoms with Gasteiger partial charge in [-0.15, -0.1) is 11.3 Å². The van der Waals surface area contributed by atoms with Crippen molar-refractivity contribution >= 4 is 11.3 Å². The maximum atomic E-state index is 4.41. The summed E-state index contributed by atoms with van der Waals surface area (Å²) in [5.74, 6) is 0. The molecule has 1 atom stereocenters. The van der Waals surface area contributed by atoms with Crippen LogP contribution in [0, 0.1) is 0 Å². The van der Waals surface area contributed by atoms with E-state index in [4.69, 9.17) is 0 Å².